The zero-order valence-corrected chi connectivity index (χ0v) is 11.6. The highest BCUT2D eigenvalue weighted by Gasteiger charge is 2.33. The number of pyridine rings is 1. The first-order valence-corrected chi connectivity index (χ1v) is 6.18. The van der Waals surface area contributed by atoms with Crippen LogP contribution in [0.3, 0.4) is 0 Å². The fraction of sp³-hybridized carbons (Fsp3) is 0.500. The number of anilines is 1. The van der Waals surface area contributed by atoms with Gasteiger partial charge in [-0.05, 0) is 19.4 Å². The van der Waals surface area contributed by atoms with Crippen LogP contribution in [-0.2, 0) is 11.0 Å². The molecule has 20 heavy (non-hydrogen) atoms. The average molecular weight is 311 g/mol. The van der Waals surface area contributed by atoms with Crippen LogP contribution in [0.1, 0.15) is 25.8 Å². The van der Waals surface area contributed by atoms with Crippen molar-refractivity contribution in [2.75, 3.05) is 11.9 Å². The van der Waals surface area contributed by atoms with Gasteiger partial charge in [0.05, 0.1) is 16.0 Å². The molecule has 1 heterocycles. The number of hydrogen-bond acceptors (Lipinski definition) is 3. The second kappa shape index (κ2) is 5.87. The molecule has 8 heteroatoms. The zero-order chi connectivity index (χ0) is 15.6. The lowest BCUT2D eigenvalue weighted by atomic mass is 9.88. The third kappa shape index (κ3) is 3.75. The minimum atomic E-state index is -4.52. The number of aromatic nitrogens is 1. The van der Waals surface area contributed by atoms with Crippen LogP contribution in [0, 0.1) is 5.41 Å². The van der Waals surface area contributed by atoms with Gasteiger partial charge in [0.25, 0.3) is 0 Å². The van der Waals surface area contributed by atoms with Crippen molar-refractivity contribution in [3.63, 3.8) is 0 Å². The van der Waals surface area contributed by atoms with Gasteiger partial charge in [-0.25, -0.2) is 4.98 Å². The van der Waals surface area contributed by atoms with Gasteiger partial charge in [-0.15, -0.1) is 0 Å². The Bertz CT molecular complexity index is 508. The molecule has 0 saturated carbocycles. The second-order valence-corrected chi connectivity index (χ2v) is 5.03. The van der Waals surface area contributed by atoms with Gasteiger partial charge in [0.15, 0.2) is 0 Å². The zero-order valence-electron chi connectivity index (χ0n) is 10.9. The maximum atomic E-state index is 12.4. The summed E-state index contributed by atoms with van der Waals surface area (Å²) in [6, 6.07) is 0.751. The minimum Gasteiger partial charge on any atom is -0.481 e. The van der Waals surface area contributed by atoms with E-state index in [9.17, 15) is 18.0 Å². The van der Waals surface area contributed by atoms with Crippen LogP contribution < -0.4 is 5.32 Å². The Morgan fingerprint density at radius 2 is 2.10 bits per heavy atom. The van der Waals surface area contributed by atoms with Gasteiger partial charge in [0.1, 0.15) is 5.82 Å². The van der Waals surface area contributed by atoms with Crippen molar-refractivity contribution in [1.82, 2.24) is 4.98 Å². The Kier molecular flexibility index (Phi) is 4.86. The molecule has 0 saturated heterocycles. The first-order chi connectivity index (χ1) is 9.10. The molecule has 0 aliphatic heterocycles. The van der Waals surface area contributed by atoms with Crippen molar-refractivity contribution in [1.29, 1.82) is 0 Å². The topological polar surface area (TPSA) is 62.2 Å². The van der Waals surface area contributed by atoms with Gasteiger partial charge >= 0.3 is 12.1 Å². The summed E-state index contributed by atoms with van der Waals surface area (Å²) in [5.41, 5.74) is -2.00. The monoisotopic (exact) mass is 310 g/mol. The number of hydrogen-bond donors (Lipinski definition) is 2. The van der Waals surface area contributed by atoms with Crippen LogP contribution in [0.25, 0.3) is 0 Å². The van der Waals surface area contributed by atoms with Crippen molar-refractivity contribution in [2.45, 2.75) is 26.4 Å². The van der Waals surface area contributed by atoms with E-state index >= 15 is 0 Å². The highest BCUT2D eigenvalue weighted by molar-refractivity contribution is 6.32. The van der Waals surface area contributed by atoms with Crippen molar-refractivity contribution < 1.29 is 23.1 Å². The van der Waals surface area contributed by atoms with E-state index in [0.29, 0.717) is 12.6 Å². The summed E-state index contributed by atoms with van der Waals surface area (Å²) in [5.74, 6) is -0.976. The van der Waals surface area contributed by atoms with Crippen molar-refractivity contribution in [2.24, 2.45) is 5.41 Å². The summed E-state index contributed by atoms with van der Waals surface area (Å²) in [4.78, 5) is 14.7. The van der Waals surface area contributed by atoms with Gasteiger partial charge in [0.2, 0.25) is 0 Å². The lowest BCUT2D eigenvalue weighted by molar-refractivity contribution is -0.147. The Balaban J connectivity index is 2.87. The van der Waals surface area contributed by atoms with Crippen molar-refractivity contribution in [3.8, 4) is 0 Å². The third-order valence-corrected chi connectivity index (χ3v) is 3.40. The van der Waals surface area contributed by atoms with Gasteiger partial charge in [0, 0.05) is 12.7 Å². The van der Waals surface area contributed by atoms with E-state index in [-0.39, 0.29) is 17.4 Å². The number of nitrogens with one attached hydrogen (secondary N) is 1. The molecule has 0 spiro atoms. The molecule has 1 atom stereocenters. The number of carbonyl (C=O) groups is 1. The summed E-state index contributed by atoms with van der Waals surface area (Å²) >= 11 is 5.71. The molecule has 112 valence electrons. The van der Waals surface area contributed by atoms with E-state index < -0.39 is 23.1 Å². The summed E-state index contributed by atoms with van der Waals surface area (Å²) in [7, 11) is 0. The molecule has 0 aromatic carbocycles. The third-order valence-electron chi connectivity index (χ3n) is 3.11. The van der Waals surface area contributed by atoms with Crippen LogP contribution in [0.5, 0.6) is 0 Å². The van der Waals surface area contributed by atoms with Gasteiger partial charge in [-0.3, -0.25) is 4.79 Å². The Labute approximate surface area is 119 Å². The molecule has 0 radical (unpaired) electrons. The summed E-state index contributed by atoms with van der Waals surface area (Å²) in [5, 5.41) is 11.6. The number of carboxylic acids is 1. The van der Waals surface area contributed by atoms with E-state index in [1.807, 2.05) is 0 Å². The Morgan fingerprint density at radius 1 is 1.50 bits per heavy atom. The van der Waals surface area contributed by atoms with Gasteiger partial charge < -0.3 is 10.4 Å². The number of halogens is 4. The van der Waals surface area contributed by atoms with Crippen molar-refractivity contribution >= 4 is 23.4 Å². The molecule has 1 aromatic rings. The number of alkyl halides is 3. The molecule has 0 aliphatic carbocycles. The van der Waals surface area contributed by atoms with Crippen LogP contribution in [-0.4, -0.2) is 22.6 Å². The minimum absolute atomic E-state index is 0.0108. The summed E-state index contributed by atoms with van der Waals surface area (Å²) in [6.45, 7) is 3.24. The maximum absolute atomic E-state index is 12.4. The molecule has 0 aliphatic rings. The molecule has 2 N–H and O–H groups in total. The van der Waals surface area contributed by atoms with E-state index in [0.717, 1.165) is 6.07 Å². The summed E-state index contributed by atoms with van der Waals surface area (Å²) in [6.07, 6.45) is -3.51. The molecule has 1 aromatic heterocycles. The van der Waals surface area contributed by atoms with Crippen LogP contribution in [0.2, 0.25) is 5.02 Å². The van der Waals surface area contributed by atoms with E-state index in [2.05, 4.69) is 10.3 Å². The molecular weight excluding hydrogens is 297 g/mol. The maximum Gasteiger partial charge on any atom is 0.417 e. The highest BCUT2D eigenvalue weighted by Crippen LogP contribution is 2.32. The lowest BCUT2D eigenvalue weighted by Crippen LogP contribution is -2.34. The lowest BCUT2D eigenvalue weighted by Gasteiger charge is -2.23. The predicted octanol–water partition coefficient (Wildman–Crippen LogP) is 3.67. The van der Waals surface area contributed by atoms with Crippen LogP contribution in [0.4, 0.5) is 19.0 Å². The first-order valence-electron chi connectivity index (χ1n) is 5.80. The van der Waals surface area contributed by atoms with Crippen LogP contribution in [0.15, 0.2) is 12.3 Å². The number of carboxylic acid groups (broad SMARTS) is 1. The number of nitrogens with zero attached hydrogens (tertiary/aromatic N) is 1. The molecule has 1 unspecified atom stereocenters. The van der Waals surface area contributed by atoms with E-state index in [4.69, 9.17) is 16.7 Å². The molecule has 4 nitrogen and oxygen atoms in total. The Morgan fingerprint density at radius 3 is 2.50 bits per heavy atom. The highest BCUT2D eigenvalue weighted by atomic mass is 35.5. The molecular formula is C12H14ClF3N2O2. The molecule has 0 amide bonds. The average Bonchev–Trinajstić information content (AvgIpc) is 2.35. The van der Waals surface area contributed by atoms with Crippen LogP contribution >= 0.6 is 11.6 Å². The normalized spacial score (nSPS) is 14.7. The molecule has 1 rings (SSSR count). The van der Waals surface area contributed by atoms with Gasteiger partial charge in [-0.2, -0.15) is 13.2 Å². The fourth-order valence-electron chi connectivity index (χ4n) is 1.35. The smallest absolute Gasteiger partial charge is 0.417 e. The van der Waals surface area contributed by atoms with Crippen molar-refractivity contribution in [3.05, 3.63) is 22.8 Å². The summed E-state index contributed by atoms with van der Waals surface area (Å²) < 4.78 is 37.3. The largest absolute Gasteiger partial charge is 0.481 e. The SMILES string of the molecule is CCC(C)(CNc1ncc(C(F)(F)F)cc1Cl)C(=O)O. The van der Waals surface area contributed by atoms with Gasteiger partial charge in [-0.1, -0.05) is 18.5 Å². The second-order valence-electron chi connectivity index (χ2n) is 4.63. The fourth-order valence-corrected chi connectivity index (χ4v) is 1.59. The number of aliphatic carboxylic acids is 1. The van der Waals surface area contributed by atoms with E-state index in [1.165, 1.54) is 6.92 Å². The predicted molar refractivity (Wildman–Crippen MR) is 68.8 cm³/mol. The molecule has 0 fully saturated rings. The first kappa shape index (κ1) is 16.6. The number of rotatable bonds is 5. The van der Waals surface area contributed by atoms with E-state index in [1.54, 1.807) is 6.92 Å². The Hall–Kier alpha value is -1.50. The quantitative estimate of drug-likeness (QED) is 0.871. The molecule has 0 bridgehead atoms. The standard InChI is InChI=1S/C12H14ClF3N2O2/c1-3-11(2,10(19)20)6-18-9-8(13)4-7(5-17-9)12(14,15)16/h4-5H,3,6H2,1-2H3,(H,17,18)(H,19,20).